The molecule has 0 saturated carbocycles. The molecule has 3 amide bonds. The van der Waals surface area contributed by atoms with E-state index in [0.717, 1.165) is 10.9 Å². The molecule has 0 radical (unpaired) electrons. The van der Waals surface area contributed by atoms with E-state index in [4.69, 9.17) is 0 Å². The van der Waals surface area contributed by atoms with E-state index in [-0.39, 0.29) is 5.91 Å². The molecule has 0 bridgehead atoms. The summed E-state index contributed by atoms with van der Waals surface area (Å²) >= 11 is 0. The summed E-state index contributed by atoms with van der Waals surface area (Å²) < 4.78 is 13.2. The maximum atomic E-state index is 13.2. The van der Waals surface area contributed by atoms with Gasteiger partial charge in [0.1, 0.15) is 5.82 Å². The lowest BCUT2D eigenvalue weighted by molar-refractivity contribution is -0.113. The SMILES string of the molecule is O=C1NC=C(C(=O)Nc2ccc3[nH]ncc3c2)C(c2ccc(F)cc2)N1. The number of carbonyl (C=O) groups is 2. The molecule has 4 rings (SSSR count). The fourth-order valence-corrected chi connectivity index (χ4v) is 2.82. The van der Waals surface area contributed by atoms with E-state index >= 15 is 0 Å². The summed E-state index contributed by atoms with van der Waals surface area (Å²) in [6.45, 7) is 0. The molecule has 8 heteroatoms. The second kappa shape index (κ2) is 6.32. The van der Waals surface area contributed by atoms with Gasteiger partial charge in [-0.25, -0.2) is 9.18 Å². The quantitative estimate of drug-likeness (QED) is 0.584. The van der Waals surface area contributed by atoms with E-state index in [1.54, 1.807) is 18.3 Å². The summed E-state index contributed by atoms with van der Waals surface area (Å²) in [5, 5.41) is 15.6. The number of halogens is 1. The van der Waals surface area contributed by atoms with Crippen molar-refractivity contribution in [3.8, 4) is 0 Å². The van der Waals surface area contributed by atoms with Crippen LogP contribution in [0.5, 0.6) is 0 Å². The Balaban J connectivity index is 1.61. The number of H-pyrrole nitrogens is 1. The molecule has 2 heterocycles. The topological polar surface area (TPSA) is 98.9 Å². The van der Waals surface area contributed by atoms with E-state index in [2.05, 4.69) is 26.1 Å². The molecule has 1 atom stereocenters. The Bertz CT molecular complexity index is 1030. The number of nitrogens with zero attached hydrogens (tertiary/aromatic N) is 1. The first-order valence-electron chi connectivity index (χ1n) is 7.87. The third-order valence-electron chi connectivity index (χ3n) is 4.11. The number of aromatic nitrogens is 2. The number of aromatic amines is 1. The standard InChI is InChI=1S/C18H14FN5O2/c19-12-3-1-10(2-4-12)16-14(9-20-18(26)23-16)17(25)22-13-5-6-15-11(7-13)8-21-24-15/h1-9,16H,(H,21,24)(H,22,25)(H2,20,23,26). The number of hydrogen-bond donors (Lipinski definition) is 4. The van der Waals surface area contributed by atoms with Crippen molar-refractivity contribution in [1.82, 2.24) is 20.8 Å². The fraction of sp³-hybridized carbons (Fsp3) is 0.0556. The van der Waals surface area contributed by atoms with Gasteiger partial charge in [-0.15, -0.1) is 0 Å². The van der Waals surface area contributed by atoms with Crippen LogP contribution < -0.4 is 16.0 Å². The molecule has 0 saturated heterocycles. The van der Waals surface area contributed by atoms with Gasteiger partial charge in [-0.1, -0.05) is 12.1 Å². The molecule has 1 aliphatic rings. The number of benzene rings is 2. The second-order valence-corrected chi connectivity index (χ2v) is 5.83. The Labute approximate surface area is 147 Å². The number of urea groups is 1. The minimum atomic E-state index is -0.679. The highest BCUT2D eigenvalue weighted by Gasteiger charge is 2.28. The zero-order valence-corrected chi connectivity index (χ0v) is 13.4. The highest BCUT2D eigenvalue weighted by molar-refractivity contribution is 6.06. The van der Waals surface area contributed by atoms with Crippen molar-refractivity contribution in [2.75, 3.05) is 5.32 Å². The normalized spacial score (nSPS) is 16.6. The van der Waals surface area contributed by atoms with E-state index in [1.165, 1.54) is 30.5 Å². The van der Waals surface area contributed by atoms with Gasteiger partial charge in [-0.2, -0.15) is 5.10 Å². The monoisotopic (exact) mass is 351 g/mol. The molecule has 7 nitrogen and oxygen atoms in total. The minimum Gasteiger partial charge on any atom is -0.327 e. The molecule has 2 aromatic carbocycles. The smallest absolute Gasteiger partial charge is 0.319 e. The number of anilines is 1. The van der Waals surface area contributed by atoms with Crippen molar-refractivity contribution in [3.63, 3.8) is 0 Å². The van der Waals surface area contributed by atoms with Gasteiger partial charge in [-0.3, -0.25) is 9.89 Å². The van der Waals surface area contributed by atoms with Crippen molar-refractivity contribution in [2.45, 2.75) is 6.04 Å². The summed E-state index contributed by atoms with van der Waals surface area (Å²) in [6.07, 6.45) is 3.02. The van der Waals surface area contributed by atoms with Crippen LogP contribution in [0.15, 0.2) is 60.4 Å². The van der Waals surface area contributed by atoms with Crippen LogP contribution in [0.2, 0.25) is 0 Å². The summed E-state index contributed by atoms with van der Waals surface area (Å²) in [7, 11) is 0. The number of hydrogen-bond acceptors (Lipinski definition) is 3. The van der Waals surface area contributed by atoms with Crippen molar-refractivity contribution >= 4 is 28.5 Å². The molecule has 26 heavy (non-hydrogen) atoms. The van der Waals surface area contributed by atoms with E-state index in [9.17, 15) is 14.0 Å². The summed E-state index contributed by atoms with van der Waals surface area (Å²) in [5.74, 6) is -0.771. The van der Waals surface area contributed by atoms with Crippen LogP contribution in [-0.4, -0.2) is 22.1 Å². The van der Waals surface area contributed by atoms with Crippen molar-refractivity contribution < 1.29 is 14.0 Å². The molecule has 1 aromatic heterocycles. The van der Waals surface area contributed by atoms with E-state index in [1.807, 2.05) is 6.07 Å². The molecule has 0 aliphatic carbocycles. The summed E-state index contributed by atoms with van der Waals surface area (Å²) in [4.78, 5) is 24.4. The van der Waals surface area contributed by atoms with Crippen LogP contribution >= 0.6 is 0 Å². The third kappa shape index (κ3) is 3.00. The van der Waals surface area contributed by atoms with Gasteiger partial charge in [0, 0.05) is 17.3 Å². The van der Waals surface area contributed by atoms with Gasteiger partial charge in [-0.05, 0) is 35.9 Å². The maximum absolute atomic E-state index is 13.2. The molecule has 0 spiro atoms. The lowest BCUT2D eigenvalue weighted by atomic mass is 9.97. The Kier molecular flexibility index (Phi) is 3.85. The zero-order valence-electron chi connectivity index (χ0n) is 13.4. The van der Waals surface area contributed by atoms with E-state index in [0.29, 0.717) is 16.8 Å². The third-order valence-corrected chi connectivity index (χ3v) is 4.11. The van der Waals surface area contributed by atoms with Crippen molar-refractivity contribution in [2.24, 2.45) is 0 Å². The molecule has 0 fully saturated rings. The number of amides is 3. The van der Waals surface area contributed by atoms with Gasteiger partial charge in [0.25, 0.3) is 5.91 Å². The van der Waals surface area contributed by atoms with Gasteiger partial charge in [0.2, 0.25) is 0 Å². The molecule has 1 unspecified atom stereocenters. The largest absolute Gasteiger partial charge is 0.327 e. The van der Waals surface area contributed by atoms with Crippen LogP contribution in [0.4, 0.5) is 14.9 Å². The Morgan fingerprint density at radius 3 is 2.77 bits per heavy atom. The highest BCUT2D eigenvalue weighted by Crippen LogP contribution is 2.25. The fourth-order valence-electron chi connectivity index (χ4n) is 2.82. The summed E-state index contributed by atoms with van der Waals surface area (Å²) in [5.41, 5.74) is 2.37. The first-order valence-corrected chi connectivity index (χ1v) is 7.87. The van der Waals surface area contributed by atoms with Crippen LogP contribution in [-0.2, 0) is 4.79 Å². The second-order valence-electron chi connectivity index (χ2n) is 5.83. The Morgan fingerprint density at radius 2 is 1.96 bits per heavy atom. The van der Waals surface area contributed by atoms with Gasteiger partial charge >= 0.3 is 6.03 Å². The lowest BCUT2D eigenvalue weighted by Crippen LogP contribution is -2.43. The van der Waals surface area contributed by atoms with Crippen molar-refractivity contribution in [3.05, 3.63) is 71.8 Å². The average molecular weight is 351 g/mol. The van der Waals surface area contributed by atoms with Crippen molar-refractivity contribution in [1.29, 1.82) is 0 Å². The zero-order chi connectivity index (χ0) is 18.1. The van der Waals surface area contributed by atoms with E-state index < -0.39 is 17.9 Å². The highest BCUT2D eigenvalue weighted by atomic mass is 19.1. The predicted octanol–water partition coefficient (Wildman–Crippen LogP) is 2.58. The van der Waals surface area contributed by atoms with Crippen LogP contribution in [0.1, 0.15) is 11.6 Å². The van der Waals surface area contributed by atoms with Crippen LogP contribution in [0.25, 0.3) is 10.9 Å². The minimum absolute atomic E-state index is 0.309. The van der Waals surface area contributed by atoms with Gasteiger partial charge in [0.15, 0.2) is 0 Å². The average Bonchev–Trinajstić information content (AvgIpc) is 3.10. The number of fused-ring (bicyclic) bond motifs is 1. The van der Waals surface area contributed by atoms with Gasteiger partial charge < -0.3 is 16.0 Å². The number of nitrogens with one attached hydrogen (secondary N) is 4. The van der Waals surface area contributed by atoms with Gasteiger partial charge in [0.05, 0.1) is 23.3 Å². The molecule has 1 aliphatic heterocycles. The lowest BCUT2D eigenvalue weighted by Gasteiger charge is -2.25. The predicted molar refractivity (Wildman–Crippen MR) is 93.6 cm³/mol. The first-order chi connectivity index (χ1) is 12.6. The molecular weight excluding hydrogens is 337 g/mol. The van der Waals surface area contributed by atoms with Crippen LogP contribution in [0, 0.1) is 5.82 Å². The number of carbonyl (C=O) groups excluding carboxylic acids is 2. The molecule has 4 N–H and O–H groups in total. The summed E-state index contributed by atoms with van der Waals surface area (Å²) in [6, 6.07) is 9.87. The molecular formula is C18H14FN5O2. The molecule has 3 aromatic rings. The Hall–Kier alpha value is -3.68. The Morgan fingerprint density at radius 1 is 1.15 bits per heavy atom. The number of rotatable bonds is 3. The first kappa shape index (κ1) is 15.8. The maximum Gasteiger partial charge on any atom is 0.319 e. The molecule has 130 valence electrons. The van der Waals surface area contributed by atoms with Crippen LogP contribution in [0.3, 0.4) is 0 Å².